The summed E-state index contributed by atoms with van der Waals surface area (Å²) in [5, 5.41) is 34.2. The lowest BCUT2D eigenvalue weighted by Crippen LogP contribution is -2.62. The zero-order valence-corrected chi connectivity index (χ0v) is 34.6. The van der Waals surface area contributed by atoms with E-state index in [2.05, 4.69) is 19.9 Å². The van der Waals surface area contributed by atoms with Gasteiger partial charge in [-0.3, -0.25) is 28.8 Å². The second-order valence-corrected chi connectivity index (χ2v) is 19.8. The third kappa shape index (κ3) is 6.39. The first-order chi connectivity index (χ1) is 26.6. The van der Waals surface area contributed by atoms with Gasteiger partial charge in [0.05, 0.1) is 6.10 Å². The van der Waals surface area contributed by atoms with Crippen LogP contribution in [0.25, 0.3) is 0 Å². The van der Waals surface area contributed by atoms with Crippen molar-refractivity contribution in [2.24, 2.45) is 51.2 Å². The van der Waals surface area contributed by atoms with Crippen molar-refractivity contribution in [3.8, 4) is 0 Å². The highest BCUT2D eigenvalue weighted by molar-refractivity contribution is 5.93. The second kappa shape index (κ2) is 14.5. The number of hydrogen-bond acceptors (Lipinski definition) is 11. The van der Waals surface area contributed by atoms with Crippen molar-refractivity contribution in [2.45, 2.75) is 149 Å². The molecule has 0 radical (unpaired) electrons. The maximum atomic E-state index is 12.9. The Labute approximate surface area is 336 Å². The Morgan fingerprint density at radius 2 is 1.25 bits per heavy atom. The minimum atomic E-state index is -1.58. The summed E-state index contributed by atoms with van der Waals surface area (Å²) in [7, 11) is 0. The number of aliphatic hydroxyl groups excluding tert-OH is 1. The van der Waals surface area contributed by atoms with Gasteiger partial charge in [-0.25, -0.2) is 0 Å². The van der Waals surface area contributed by atoms with E-state index >= 15 is 0 Å². The van der Waals surface area contributed by atoms with E-state index in [0.717, 1.165) is 56.9 Å². The number of carbonyl (C=O) groups excluding carboxylic acids is 6. The van der Waals surface area contributed by atoms with Gasteiger partial charge in [0.25, 0.3) is 0 Å². The number of hydrogen-bond donors (Lipinski definition) is 3. The number of fused-ring (bicyclic) bond motifs is 10. The van der Waals surface area contributed by atoms with Crippen molar-refractivity contribution >= 4 is 35.1 Å². The van der Waals surface area contributed by atoms with Gasteiger partial charge in [0.2, 0.25) is 11.6 Å². The summed E-state index contributed by atoms with van der Waals surface area (Å²) in [4.78, 5) is 71.8. The summed E-state index contributed by atoms with van der Waals surface area (Å²) in [5.74, 6) is -0.544. The third-order valence-corrected chi connectivity index (χ3v) is 17.3. The van der Waals surface area contributed by atoms with Gasteiger partial charge in [-0.05, 0) is 124 Å². The zero-order valence-electron chi connectivity index (χ0n) is 34.6. The SMILES string of the molecule is CC(=O)OCC(=O)[C@@]1(O)CCC2C3CCC4=CC(=O)CC[C@]4(C)C3=CC[C@@]21C.CC(=O)OCC(=O)[C@@]1(O)CCC2C3CCC4=CC(=O)CC[C@]4(C)C3[C@@H](O)C[C@@]21C. The van der Waals surface area contributed by atoms with Crippen molar-refractivity contribution in [2.75, 3.05) is 13.2 Å². The average molecular weight is 791 g/mol. The molecule has 8 aliphatic rings. The molecule has 312 valence electrons. The van der Waals surface area contributed by atoms with E-state index < -0.39 is 52.5 Å². The van der Waals surface area contributed by atoms with Gasteiger partial charge in [-0.1, -0.05) is 50.5 Å². The molecule has 0 bridgehead atoms. The fourth-order valence-electron chi connectivity index (χ4n) is 14.1. The Hall–Kier alpha value is -3.28. The van der Waals surface area contributed by atoms with E-state index in [-0.39, 0.29) is 58.5 Å². The highest BCUT2D eigenvalue weighted by Gasteiger charge is 2.69. The van der Waals surface area contributed by atoms with E-state index in [4.69, 9.17) is 9.47 Å². The van der Waals surface area contributed by atoms with Gasteiger partial charge in [-0.2, -0.15) is 0 Å². The molecule has 0 saturated heterocycles. The Bertz CT molecular complexity index is 1860. The van der Waals surface area contributed by atoms with Crippen molar-refractivity contribution < 1.29 is 53.6 Å². The van der Waals surface area contributed by atoms with Crippen molar-refractivity contribution in [1.82, 2.24) is 0 Å². The molecule has 0 aromatic carbocycles. The molecule has 8 rings (SSSR count). The lowest BCUT2D eigenvalue weighted by atomic mass is 9.45. The highest BCUT2D eigenvalue weighted by Crippen LogP contribution is 2.68. The Kier molecular flexibility index (Phi) is 10.6. The largest absolute Gasteiger partial charge is 0.458 e. The lowest BCUT2D eigenvalue weighted by Gasteiger charge is -2.60. The lowest BCUT2D eigenvalue weighted by molar-refractivity contribution is -0.184. The number of esters is 2. The predicted octanol–water partition coefficient (Wildman–Crippen LogP) is 5.65. The zero-order chi connectivity index (χ0) is 41.5. The summed E-state index contributed by atoms with van der Waals surface area (Å²) in [5.41, 5.74) is -0.732. The summed E-state index contributed by atoms with van der Waals surface area (Å²) in [6.07, 6.45) is 14.8. The number of allylic oxidation sites excluding steroid dienone is 5. The number of aliphatic hydroxyl groups is 3. The fraction of sp³-hybridized carbons (Fsp3) is 0.739. The van der Waals surface area contributed by atoms with E-state index in [0.29, 0.717) is 44.4 Å². The van der Waals surface area contributed by atoms with E-state index in [1.165, 1.54) is 25.0 Å². The first-order valence-corrected chi connectivity index (χ1v) is 21.3. The van der Waals surface area contributed by atoms with Crippen LogP contribution in [-0.4, -0.2) is 80.9 Å². The van der Waals surface area contributed by atoms with Crippen LogP contribution >= 0.6 is 0 Å². The molecule has 11 heteroatoms. The molecule has 12 atom stereocenters. The van der Waals surface area contributed by atoms with Crippen LogP contribution in [-0.2, 0) is 38.2 Å². The topological polar surface area (TPSA) is 182 Å². The summed E-state index contributed by atoms with van der Waals surface area (Å²) in [6.45, 7) is 10.1. The van der Waals surface area contributed by atoms with Crippen molar-refractivity contribution in [3.63, 3.8) is 0 Å². The van der Waals surface area contributed by atoms with Gasteiger partial charge in [0.15, 0.2) is 24.8 Å². The monoisotopic (exact) mass is 790 g/mol. The molecular formula is C46H62O11. The molecule has 0 aromatic rings. The Morgan fingerprint density at radius 1 is 0.702 bits per heavy atom. The van der Waals surface area contributed by atoms with E-state index in [1.807, 2.05) is 19.9 Å². The maximum absolute atomic E-state index is 12.9. The quantitative estimate of drug-likeness (QED) is 0.223. The van der Waals surface area contributed by atoms with Crippen molar-refractivity contribution in [3.05, 3.63) is 34.9 Å². The van der Waals surface area contributed by atoms with Gasteiger partial charge < -0.3 is 24.8 Å². The molecular weight excluding hydrogens is 728 g/mol. The molecule has 0 heterocycles. The predicted molar refractivity (Wildman–Crippen MR) is 208 cm³/mol. The van der Waals surface area contributed by atoms with Gasteiger partial charge in [0.1, 0.15) is 11.2 Å². The number of rotatable bonds is 6. The third-order valence-electron chi connectivity index (χ3n) is 17.3. The first kappa shape index (κ1) is 41.9. The first-order valence-electron chi connectivity index (χ1n) is 21.3. The van der Waals surface area contributed by atoms with Crippen molar-refractivity contribution in [1.29, 1.82) is 0 Å². The molecule has 0 aromatic heterocycles. The number of ketones is 4. The van der Waals surface area contributed by atoms with Crippen LogP contribution < -0.4 is 0 Å². The molecule has 0 spiro atoms. The summed E-state index contributed by atoms with van der Waals surface area (Å²) < 4.78 is 9.79. The van der Waals surface area contributed by atoms with Gasteiger partial charge in [0, 0.05) is 42.9 Å². The van der Waals surface area contributed by atoms with Gasteiger partial charge in [-0.15, -0.1) is 0 Å². The molecule has 0 aliphatic heterocycles. The van der Waals surface area contributed by atoms with Crippen LogP contribution in [0.5, 0.6) is 0 Å². The van der Waals surface area contributed by atoms with Gasteiger partial charge >= 0.3 is 11.9 Å². The smallest absolute Gasteiger partial charge is 0.303 e. The Morgan fingerprint density at radius 3 is 1.86 bits per heavy atom. The van der Waals surface area contributed by atoms with Crippen LogP contribution in [0.2, 0.25) is 0 Å². The molecule has 57 heavy (non-hydrogen) atoms. The minimum Gasteiger partial charge on any atom is -0.458 e. The Balaban J connectivity index is 0.000000174. The molecule has 5 fully saturated rings. The number of Topliss-reactive ketones (excluding diaryl/α,β-unsaturated/α-hetero) is 2. The standard InChI is InChI=1S/C23H32O6.C23H30O5/c1-13(24)29-12-19(27)23(28)9-7-17-16-5-4-14-10-15(25)6-8-21(14,2)20(16)18(26)11-22(17,23)3;1-14(24)28-13-20(26)23(27)11-8-19-17-5-4-15-12-16(25)6-9-21(15,2)18(17)7-10-22(19,23)3/h10,16-18,20,26,28H,4-9,11-12H2,1-3H3;7,12,17,19,27H,4-6,8-11,13H2,1-3H3/t16?,17?,18-,20?,21-,22-,23-;17?,19?,21-,22-,23-/m00/s1. The molecule has 8 aliphatic carbocycles. The number of ether oxygens (including phenoxy) is 2. The van der Waals surface area contributed by atoms with Crippen LogP contribution in [0.4, 0.5) is 0 Å². The summed E-state index contributed by atoms with van der Waals surface area (Å²) in [6, 6.07) is 0. The van der Waals surface area contributed by atoms with Crippen LogP contribution in [0.15, 0.2) is 34.9 Å². The molecule has 11 nitrogen and oxygen atoms in total. The second-order valence-electron chi connectivity index (χ2n) is 19.8. The normalized spacial score (nSPS) is 44.1. The average Bonchev–Trinajstić information content (AvgIpc) is 3.59. The number of carbonyl (C=O) groups is 6. The minimum absolute atomic E-state index is 0.0413. The van der Waals surface area contributed by atoms with E-state index in [1.54, 1.807) is 6.08 Å². The molecule has 3 N–H and O–H groups in total. The molecule has 0 amide bonds. The highest BCUT2D eigenvalue weighted by atomic mass is 16.5. The van der Waals surface area contributed by atoms with Crippen LogP contribution in [0, 0.1) is 51.2 Å². The maximum Gasteiger partial charge on any atom is 0.303 e. The van der Waals surface area contributed by atoms with E-state index in [9.17, 15) is 44.1 Å². The van der Waals surface area contributed by atoms with Crippen LogP contribution in [0.3, 0.4) is 0 Å². The fourth-order valence-corrected chi connectivity index (χ4v) is 14.1. The summed E-state index contributed by atoms with van der Waals surface area (Å²) >= 11 is 0. The molecule has 5 unspecified atom stereocenters. The van der Waals surface area contributed by atoms with Crippen LogP contribution in [0.1, 0.15) is 131 Å². The molecule has 5 saturated carbocycles.